The molecule has 0 unspecified atom stereocenters. The molecule has 1 rings (SSSR count). The van der Waals surface area contributed by atoms with Crippen LogP contribution in [-0.4, -0.2) is 3.76 Å². The first kappa shape index (κ1) is 4.73. The van der Waals surface area contributed by atoms with Crippen LogP contribution in [0.3, 0.4) is 0 Å². The molecule has 0 fully saturated rings. The number of hydrogen-bond donors (Lipinski definition) is 1. The van der Waals surface area contributed by atoms with Gasteiger partial charge < -0.3 is 0 Å². The molecule has 0 aliphatic rings. The minimum absolute atomic E-state index is 0.412. The molecule has 0 atom stereocenters. The van der Waals surface area contributed by atoms with Crippen molar-refractivity contribution in [2.75, 3.05) is 0 Å². The van der Waals surface area contributed by atoms with E-state index in [1.807, 2.05) is 0 Å². The Morgan fingerprint density at radius 3 is 1.71 bits per heavy atom. The Labute approximate surface area is 46.5 Å². The van der Waals surface area contributed by atoms with Gasteiger partial charge in [0.25, 0.3) is 0 Å². The highest BCUT2D eigenvalue weighted by Crippen LogP contribution is 1.74. The van der Waals surface area contributed by atoms with Crippen LogP contribution in [0, 0.1) is 0 Å². The molecule has 0 aliphatic carbocycles. The van der Waals surface area contributed by atoms with E-state index in [9.17, 15) is 9.59 Å². The van der Waals surface area contributed by atoms with Crippen LogP contribution in [0.2, 0.25) is 0 Å². The summed E-state index contributed by atoms with van der Waals surface area (Å²) in [6, 6.07) is 0. The SMILES string of the molecule is O=c1s[nH]sc1=O. The predicted molar refractivity (Wildman–Crippen MR) is 29.1 cm³/mol. The molecule has 1 aromatic rings. The van der Waals surface area contributed by atoms with E-state index < -0.39 is 9.48 Å². The van der Waals surface area contributed by atoms with Gasteiger partial charge >= 0.3 is 9.48 Å². The summed E-state index contributed by atoms with van der Waals surface area (Å²) in [6.45, 7) is 0. The molecule has 7 heavy (non-hydrogen) atoms. The van der Waals surface area contributed by atoms with Gasteiger partial charge in [0.15, 0.2) is 0 Å². The van der Waals surface area contributed by atoms with E-state index in [1.54, 1.807) is 0 Å². The lowest BCUT2D eigenvalue weighted by Crippen LogP contribution is -2.10. The average Bonchev–Trinajstić information content (AvgIpc) is 1.91. The van der Waals surface area contributed by atoms with Crippen LogP contribution in [0.4, 0.5) is 0 Å². The van der Waals surface area contributed by atoms with Crippen molar-refractivity contribution in [3.63, 3.8) is 0 Å². The molecule has 0 radical (unpaired) electrons. The highest BCUT2D eigenvalue weighted by molar-refractivity contribution is 7.18. The fraction of sp³-hybridized carbons (Fsp3) is 0. The van der Waals surface area contributed by atoms with Crippen LogP contribution < -0.4 is 9.48 Å². The van der Waals surface area contributed by atoms with Gasteiger partial charge in [-0.1, -0.05) is 0 Å². The fourth-order valence-corrected chi connectivity index (χ4v) is 1.37. The lowest BCUT2D eigenvalue weighted by Gasteiger charge is -1.44. The number of aromatic amines is 1. The second-order valence-corrected chi connectivity index (χ2v) is 2.68. The zero-order valence-electron chi connectivity index (χ0n) is 3.13. The first-order valence-corrected chi connectivity index (χ1v) is 3.11. The van der Waals surface area contributed by atoms with Crippen LogP contribution in [0.25, 0.3) is 0 Å². The maximum atomic E-state index is 10.1. The van der Waals surface area contributed by atoms with E-state index in [1.165, 1.54) is 0 Å². The zero-order chi connectivity index (χ0) is 5.28. The summed E-state index contributed by atoms with van der Waals surface area (Å²) in [5.41, 5.74) is 0. The van der Waals surface area contributed by atoms with Gasteiger partial charge in [-0.3, -0.25) is 13.4 Å². The minimum Gasteiger partial charge on any atom is -0.271 e. The van der Waals surface area contributed by atoms with Crippen molar-refractivity contribution in [2.45, 2.75) is 0 Å². The van der Waals surface area contributed by atoms with E-state index in [2.05, 4.69) is 3.76 Å². The lowest BCUT2D eigenvalue weighted by atomic mass is 11.1. The van der Waals surface area contributed by atoms with Crippen molar-refractivity contribution in [1.82, 2.24) is 3.76 Å². The maximum absolute atomic E-state index is 10.1. The second kappa shape index (κ2) is 1.59. The molecule has 0 bridgehead atoms. The number of nitrogens with one attached hydrogen (secondary N) is 1. The molecule has 0 saturated carbocycles. The van der Waals surface area contributed by atoms with Crippen LogP contribution in [0.15, 0.2) is 9.59 Å². The van der Waals surface area contributed by atoms with E-state index in [4.69, 9.17) is 0 Å². The minimum atomic E-state index is -0.412. The molecule has 0 aromatic carbocycles. The van der Waals surface area contributed by atoms with Crippen molar-refractivity contribution < 1.29 is 0 Å². The van der Waals surface area contributed by atoms with Crippen LogP contribution >= 0.6 is 23.1 Å². The smallest absolute Gasteiger partial charge is 0.271 e. The molecule has 0 aliphatic heterocycles. The van der Waals surface area contributed by atoms with Crippen LogP contribution in [-0.2, 0) is 0 Å². The highest BCUT2D eigenvalue weighted by Gasteiger charge is 1.89. The van der Waals surface area contributed by atoms with E-state index in [-0.39, 0.29) is 0 Å². The monoisotopic (exact) mass is 135 g/mol. The van der Waals surface area contributed by atoms with E-state index in [0.29, 0.717) is 0 Å². The third-order valence-corrected chi connectivity index (χ3v) is 1.97. The van der Waals surface area contributed by atoms with Gasteiger partial charge in [0, 0.05) is 0 Å². The average molecular weight is 135 g/mol. The summed E-state index contributed by atoms with van der Waals surface area (Å²) in [4.78, 5) is 20.2. The summed E-state index contributed by atoms with van der Waals surface area (Å²) < 4.78 is 1.63. The maximum Gasteiger partial charge on any atom is 0.308 e. The molecular formula is C2HNO2S2. The summed E-state index contributed by atoms with van der Waals surface area (Å²) in [5.74, 6) is 0. The van der Waals surface area contributed by atoms with Crippen molar-refractivity contribution in [1.29, 1.82) is 0 Å². The van der Waals surface area contributed by atoms with E-state index >= 15 is 0 Å². The molecule has 0 spiro atoms. The van der Waals surface area contributed by atoms with Crippen molar-refractivity contribution in [2.24, 2.45) is 0 Å². The van der Waals surface area contributed by atoms with Crippen LogP contribution in [0.5, 0.6) is 0 Å². The van der Waals surface area contributed by atoms with Crippen molar-refractivity contribution >= 4 is 23.1 Å². The Morgan fingerprint density at radius 2 is 1.57 bits per heavy atom. The Morgan fingerprint density at radius 1 is 1.14 bits per heavy atom. The summed E-state index contributed by atoms with van der Waals surface area (Å²) in [5, 5.41) is 0. The van der Waals surface area contributed by atoms with Gasteiger partial charge in [-0.05, 0) is 23.1 Å². The molecule has 3 nitrogen and oxygen atoms in total. The van der Waals surface area contributed by atoms with E-state index in [0.717, 1.165) is 23.1 Å². The lowest BCUT2D eigenvalue weighted by molar-refractivity contribution is 1.81. The van der Waals surface area contributed by atoms with Crippen molar-refractivity contribution in [3.8, 4) is 0 Å². The molecule has 1 heterocycles. The number of H-pyrrole nitrogens is 1. The summed E-state index contributed by atoms with van der Waals surface area (Å²) >= 11 is 1.66. The molecule has 1 N–H and O–H groups in total. The van der Waals surface area contributed by atoms with Gasteiger partial charge in [-0.15, -0.1) is 0 Å². The molecular weight excluding hydrogens is 134 g/mol. The fourth-order valence-electron chi connectivity index (χ4n) is 0.180. The third kappa shape index (κ3) is 0.779. The first-order valence-electron chi connectivity index (χ1n) is 1.47. The second-order valence-electron chi connectivity index (χ2n) is 0.862. The largest absolute Gasteiger partial charge is 0.308 e. The predicted octanol–water partition coefficient (Wildman–Crippen LogP) is -0.142. The van der Waals surface area contributed by atoms with Crippen molar-refractivity contribution in [3.05, 3.63) is 19.1 Å². The van der Waals surface area contributed by atoms with Crippen LogP contribution in [0.1, 0.15) is 0 Å². The number of hydrogen-bond acceptors (Lipinski definition) is 4. The molecule has 0 amide bonds. The van der Waals surface area contributed by atoms with Gasteiger partial charge in [-0.25, -0.2) is 0 Å². The molecule has 1 aromatic heterocycles. The topological polar surface area (TPSA) is 49.9 Å². The Balaban J connectivity index is 3.71. The zero-order valence-corrected chi connectivity index (χ0v) is 4.77. The van der Waals surface area contributed by atoms with Gasteiger partial charge in [0.2, 0.25) is 0 Å². The van der Waals surface area contributed by atoms with Gasteiger partial charge in [0.05, 0.1) is 0 Å². The Bertz CT molecular complexity index is 218. The van der Waals surface area contributed by atoms with Gasteiger partial charge in [0.1, 0.15) is 0 Å². The Hall–Kier alpha value is -0.420. The standard InChI is InChI=1S/C2HNO2S2/c4-1-2(5)7-3-6-1/h3H. The summed E-state index contributed by atoms with van der Waals surface area (Å²) in [6.07, 6.45) is 0. The Kier molecular flexibility index (Phi) is 1.07. The number of aromatic nitrogens is 1. The summed E-state index contributed by atoms with van der Waals surface area (Å²) in [7, 11) is 0. The number of rotatable bonds is 0. The molecule has 38 valence electrons. The molecule has 0 saturated heterocycles. The normalized spacial score (nSPS) is 9.14. The quantitative estimate of drug-likeness (QED) is 0.503. The highest BCUT2D eigenvalue weighted by atomic mass is 32.2. The third-order valence-electron chi connectivity index (χ3n) is 0.435. The van der Waals surface area contributed by atoms with Gasteiger partial charge in [-0.2, -0.15) is 0 Å². The molecule has 5 heteroatoms. The first-order chi connectivity index (χ1) is 3.30.